The predicted octanol–water partition coefficient (Wildman–Crippen LogP) is 3.75. The highest BCUT2D eigenvalue weighted by molar-refractivity contribution is 6.31. The molecule has 0 fully saturated rings. The van der Waals surface area contributed by atoms with E-state index in [0.29, 0.717) is 16.5 Å². The number of benzene rings is 2. The Morgan fingerprint density at radius 2 is 1.86 bits per heavy atom. The van der Waals surface area contributed by atoms with Crippen molar-refractivity contribution in [3.05, 3.63) is 65.3 Å². The van der Waals surface area contributed by atoms with E-state index in [1.807, 2.05) is 42.5 Å². The number of fused-ring (bicyclic) bond motifs is 1. The number of rotatable bonds is 4. The second kappa shape index (κ2) is 5.99. The van der Waals surface area contributed by atoms with Crippen molar-refractivity contribution in [2.75, 3.05) is 5.43 Å². The number of anilines is 1. The van der Waals surface area contributed by atoms with Crippen molar-refractivity contribution in [2.45, 2.75) is 6.61 Å². The van der Waals surface area contributed by atoms with E-state index < -0.39 is 0 Å². The number of nitrogen functional groups attached to an aromatic ring is 1. The number of nitrogens with one attached hydrogen (secondary N) is 1. The Balaban J connectivity index is 1.87. The van der Waals surface area contributed by atoms with Gasteiger partial charge in [0.1, 0.15) is 18.2 Å². The number of aromatic nitrogens is 1. The number of halogens is 1. The SMILES string of the molecule is NNc1ccc(Cl)c(COc2cccc3ccccc23)n1. The molecule has 0 aliphatic carbocycles. The van der Waals surface area contributed by atoms with Crippen LogP contribution in [-0.2, 0) is 6.61 Å². The van der Waals surface area contributed by atoms with Crippen LogP contribution in [-0.4, -0.2) is 4.98 Å². The van der Waals surface area contributed by atoms with Gasteiger partial charge in [-0.05, 0) is 23.6 Å². The van der Waals surface area contributed by atoms with E-state index in [4.69, 9.17) is 22.2 Å². The molecule has 2 aromatic carbocycles. The predicted molar refractivity (Wildman–Crippen MR) is 85.3 cm³/mol. The number of hydrogen-bond acceptors (Lipinski definition) is 4. The summed E-state index contributed by atoms with van der Waals surface area (Å²) < 4.78 is 5.87. The average Bonchev–Trinajstić information content (AvgIpc) is 2.54. The Morgan fingerprint density at radius 3 is 2.71 bits per heavy atom. The van der Waals surface area contributed by atoms with Crippen LogP contribution < -0.4 is 16.0 Å². The Morgan fingerprint density at radius 1 is 1.05 bits per heavy atom. The van der Waals surface area contributed by atoms with Gasteiger partial charge in [0.15, 0.2) is 0 Å². The summed E-state index contributed by atoms with van der Waals surface area (Å²) in [6.07, 6.45) is 0. The van der Waals surface area contributed by atoms with E-state index in [-0.39, 0.29) is 6.61 Å². The lowest BCUT2D eigenvalue weighted by molar-refractivity contribution is 0.305. The molecule has 0 atom stereocenters. The van der Waals surface area contributed by atoms with Crippen molar-refractivity contribution in [1.82, 2.24) is 4.98 Å². The summed E-state index contributed by atoms with van der Waals surface area (Å²) in [4.78, 5) is 4.29. The maximum atomic E-state index is 6.13. The molecule has 106 valence electrons. The lowest BCUT2D eigenvalue weighted by Gasteiger charge is -2.10. The largest absolute Gasteiger partial charge is 0.487 e. The van der Waals surface area contributed by atoms with E-state index in [1.54, 1.807) is 12.1 Å². The fourth-order valence-electron chi connectivity index (χ4n) is 2.13. The minimum Gasteiger partial charge on any atom is -0.487 e. The number of ether oxygens (including phenoxy) is 1. The molecular formula is C16H14ClN3O. The third kappa shape index (κ3) is 2.91. The molecule has 21 heavy (non-hydrogen) atoms. The molecule has 0 aliphatic rings. The van der Waals surface area contributed by atoms with Crippen LogP contribution in [0.3, 0.4) is 0 Å². The molecule has 0 unspecified atom stereocenters. The van der Waals surface area contributed by atoms with Crippen LogP contribution >= 0.6 is 11.6 Å². The molecule has 0 saturated carbocycles. The number of nitrogens with two attached hydrogens (primary N) is 1. The summed E-state index contributed by atoms with van der Waals surface area (Å²) in [6, 6.07) is 17.5. The monoisotopic (exact) mass is 299 g/mol. The normalized spacial score (nSPS) is 10.6. The number of hydrazine groups is 1. The molecule has 0 bridgehead atoms. The molecule has 3 N–H and O–H groups in total. The van der Waals surface area contributed by atoms with E-state index in [0.717, 1.165) is 16.5 Å². The van der Waals surface area contributed by atoms with Gasteiger partial charge in [-0.3, -0.25) is 0 Å². The Bertz CT molecular complexity index is 771. The first kappa shape index (κ1) is 13.7. The zero-order valence-corrected chi connectivity index (χ0v) is 12.0. The van der Waals surface area contributed by atoms with E-state index in [1.165, 1.54) is 0 Å². The van der Waals surface area contributed by atoms with Crippen LogP contribution in [0.4, 0.5) is 5.82 Å². The molecule has 1 aromatic heterocycles. The van der Waals surface area contributed by atoms with Crippen molar-refractivity contribution in [3.63, 3.8) is 0 Å². The molecular weight excluding hydrogens is 286 g/mol. The number of hydrogen-bond donors (Lipinski definition) is 2. The first-order valence-corrected chi connectivity index (χ1v) is 6.88. The van der Waals surface area contributed by atoms with Crippen molar-refractivity contribution in [3.8, 4) is 5.75 Å². The molecule has 1 heterocycles. The van der Waals surface area contributed by atoms with E-state index in [2.05, 4.69) is 10.4 Å². The third-order valence-electron chi connectivity index (χ3n) is 3.18. The minimum absolute atomic E-state index is 0.280. The van der Waals surface area contributed by atoms with Crippen LogP contribution in [0.15, 0.2) is 54.6 Å². The maximum absolute atomic E-state index is 6.13. The molecule has 0 spiro atoms. The fourth-order valence-corrected chi connectivity index (χ4v) is 2.29. The molecule has 0 aliphatic heterocycles. The van der Waals surface area contributed by atoms with Crippen molar-refractivity contribution in [2.24, 2.45) is 5.84 Å². The first-order valence-electron chi connectivity index (χ1n) is 6.50. The molecule has 0 radical (unpaired) electrons. The summed E-state index contributed by atoms with van der Waals surface area (Å²) in [5.74, 6) is 6.71. The average molecular weight is 300 g/mol. The quantitative estimate of drug-likeness (QED) is 0.569. The summed E-state index contributed by atoms with van der Waals surface area (Å²) in [6.45, 7) is 0.280. The highest BCUT2D eigenvalue weighted by Gasteiger charge is 2.06. The fraction of sp³-hybridized carbons (Fsp3) is 0.0625. The van der Waals surface area contributed by atoms with Crippen LogP contribution in [0.1, 0.15) is 5.69 Å². The van der Waals surface area contributed by atoms with Gasteiger partial charge in [0.2, 0.25) is 0 Å². The summed E-state index contributed by atoms with van der Waals surface area (Å²) in [5, 5.41) is 2.74. The summed E-state index contributed by atoms with van der Waals surface area (Å²) in [7, 11) is 0. The first-order chi connectivity index (χ1) is 10.3. The Labute approximate surface area is 127 Å². The summed E-state index contributed by atoms with van der Waals surface area (Å²) in [5.41, 5.74) is 3.14. The maximum Gasteiger partial charge on any atom is 0.140 e. The highest BCUT2D eigenvalue weighted by Crippen LogP contribution is 2.26. The standard InChI is InChI=1S/C16H14ClN3O/c17-13-8-9-16(20-18)19-14(13)10-21-15-7-3-5-11-4-1-2-6-12(11)15/h1-9H,10,18H2,(H,19,20). The van der Waals surface area contributed by atoms with Crippen molar-refractivity contribution >= 4 is 28.2 Å². The second-order valence-electron chi connectivity index (χ2n) is 4.54. The van der Waals surface area contributed by atoms with Gasteiger partial charge in [-0.15, -0.1) is 0 Å². The smallest absolute Gasteiger partial charge is 0.140 e. The summed E-state index contributed by atoms with van der Waals surface area (Å²) >= 11 is 6.13. The van der Waals surface area contributed by atoms with Crippen LogP contribution in [0.5, 0.6) is 5.75 Å². The van der Waals surface area contributed by atoms with E-state index >= 15 is 0 Å². The zero-order valence-electron chi connectivity index (χ0n) is 11.2. The van der Waals surface area contributed by atoms with Gasteiger partial charge in [-0.25, -0.2) is 10.8 Å². The van der Waals surface area contributed by atoms with Gasteiger partial charge >= 0.3 is 0 Å². The Hall–Kier alpha value is -2.30. The molecule has 5 heteroatoms. The van der Waals surface area contributed by atoms with E-state index in [9.17, 15) is 0 Å². The molecule has 0 saturated heterocycles. The van der Waals surface area contributed by atoms with Crippen LogP contribution in [0, 0.1) is 0 Å². The molecule has 0 amide bonds. The zero-order chi connectivity index (χ0) is 14.7. The number of pyridine rings is 1. The topological polar surface area (TPSA) is 60.2 Å². The van der Waals surface area contributed by atoms with Gasteiger partial charge < -0.3 is 10.2 Å². The van der Waals surface area contributed by atoms with Gasteiger partial charge in [0, 0.05) is 5.39 Å². The number of nitrogens with zero attached hydrogens (tertiary/aromatic N) is 1. The van der Waals surface area contributed by atoms with Crippen molar-refractivity contribution < 1.29 is 4.74 Å². The van der Waals surface area contributed by atoms with Gasteiger partial charge in [-0.2, -0.15) is 0 Å². The minimum atomic E-state index is 0.280. The van der Waals surface area contributed by atoms with Gasteiger partial charge in [0.05, 0.1) is 10.7 Å². The third-order valence-corrected chi connectivity index (χ3v) is 3.52. The lowest BCUT2D eigenvalue weighted by atomic mass is 10.1. The Kier molecular flexibility index (Phi) is 3.90. The van der Waals surface area contributed by atoms with Gasteiger partial charge in [0.25, 0.3) is 0 Å². The lowest BCUT2D eigenvalue weighted by Crippen LogP contribution is -2.10. The second-order valence-corrected chi connectivity index (χ2v) is 4.94. The van der Waals surface area contributed by atoms with Crippen molar-refractivity contribution in [1.29, 1.82) is 0 Å². The van der Waals surface area contributed by atoms with Gasteiger partial charge in [-0.1, -0.05) is 48.0 Å². The van der Waals surface area contributed by atoms with Crippen LogP contribution in [0.2, 0.25) is 5.02 Å². The molecule has 3 rings (SSSR count). The van der Waals surface area contributed by atoms with Crippen LogP contribution in [0.25, 0.3) is 10.8 Å². The molecule has 3 aromatic rings. The highest BCUT2D eigenvalue weighted by atomic mass is 35.5. The molecule has 4 nitrogen and oxygen atoms in total.